The van der Waals surface area contributed by atoms with Crippen LogP contribution in [0.25, 0.3) is 0 Å². The van der Waals surface area contributed by atoms with Crippen LogP contribution < -0.4 is 5.32 Å². The van der Waals surface area contributed by atoms with Gasteiger partial charge in [-0.3, -0.25) is 0 Å². The standard InChI is InChI=1S/C16H33N3/c1-6-10-17-15(9-8-14(2)3)16-13-18(4)11-7-12-19(16)5/h15-17H,2,6-13H2,1,3-5H3. The van der Waals surface area contributed by atoms with Crippen LogP contribution in [0.15, 0.2) is 12.2 Å². The number of allylic oxidation sites excluding steroid dienone is 1. The van der Waals surface area contributed by atoms with E-state index in [1.807, 2.05) is 0 Å². The highest BCUT2D eigenvalue weighted by Gasteiger charge is 2.27. The van der Waals surface area contributed by atoms with E-state index >= 15 is 0 Å². The maximum absolute atomic E-state index is 4.05. The Morgan fingerprint density at radius 1 is 1.37 bits per heavy atom. The third-order valence-corrected chi connectivity index (χ3v) is 4.12. The third kappa shape index (κ3) is 6.07. The molecular weight excluding hydrogens is 234 g/mol. The molecule has 2 atom stereocenters. The van der Waals surface area contributed by atoms with Gasteiger partial charge in [-0.05, 0) is 66.3 Å². The molecule has 0 amide bonds. The Morgan fingerprint density at radius 3 is 2.74 bits per heavy atom. The molecule has 1 fully saturated rings. The molecule has 1 aliphatic heterocycles. The second-order valence-corrected chi connectivity index (χ2v) is 6.22. The predicted molar refractivity (Wildman–Crippen MR) is 84.7 cm³/mol. The van der Waals surface area contributed by atoms with Gasteiger partial charge in [0.05, 0.1) is 0 Å². The van der Waals surface area contributed by atoms with Gasteiger partial charge in [-0.25, -0.2) is 0 Å². The van der Waals surface area contributed by atoms with Crippen molar-refractivity contribution in [2.45, 2.75) is 51.6 Å². The van der Waals surface area contributed by atoms with E-state index in [1.165, 1.54) is 44.5 Å². The van der Waals surface area contributed by atoms with Crippen LogP contribution in [-0.2, 0) is 0 Å². The molecule has 1 saturated heterocycles. The average Bonchev–Trinajstić information content (AvgIpc) is 2.51. The summed E-state index contributed by atoms with van der Waals surface area (Å²) in [7, 11) is 4.53. The summed E-state index contributed by atoms with van der Waals surface area (Å²) in [6.45, 7) is 13.2. The maximum atomic E-state index is 4.05. The van der Waals surface area contributed by atoms with E-state index in [4.69, 9.17) is 0 Å². The van der Waals surface area contributed by atoms with Gasteiger partial charge in [0.15, 0.2) is 0 Å². The molecule has 1 rings (SSSR count). The predicted octanol–water partition coefficient (Wildman–Crippen LogP) is 2.35. The lowest BCUT2D eigenvalue weighted by Gasteiger charge is -2.35. The van der Waals surface area contributed by atoms with Crippen LogP contribution in [0.1, 0.15) is 39.5 Å². The van der Waals surface area contributed by atoms with Crippen LogP contribution >= 0.6 is 0 Å². The molecule has 0 spiro atoms. The van der Waals surface area contributed by atoms with E-state index in [0.717, 1.165) is 13.0 Å². The Balaban J connectivity index is 2.65. The van der Waals surface area contributed by atoms with Crippen molar-refractivity contribution in [2.75, 3.05) is 40.3 Å². The van der Waals surface area contributed by atoms with Crippen molar-refractivity contribution in [3.05, 3.63) is 12.2 Å². The van der Waals surface area contributed by atoms with Gasteiger partial charge < -0.3 is 15.1 Å². The molecule has 3 nitrogen and oxygen atoms in total. The van der Waals surface area contributed by atoms with Crippen molar-refractivity contribution in [3.63, 3.8) is 0 Å². The quantitative estimate of drug-likeness (QED) is 0.714. The van der Waals surface area contributed by atoms with E-state index in [0.29, 0.717) is 12.1 Å². The van der Waals surface area contributed by atoms with Gasteiger partial charge in [-0.15, -0.1) is 6.58 Å². The van der Waals surface area contributed by atoms with Gasteiger partial charge >= 0.3 is 0 Å². The number of hydrogen-bond donors (Lipinski definition) is 1. The molecule has 0 aromatic heterocycles. The molecule has 0 aliphatic carbocycles. The first-order valence-electron chi connectivity index (χ1n) is 7.81. The SMILES string of the molecule is C=C(C)CCC(NCCC)C1CN(C)CCCN1C. The van der Waals surface area contributed by atoms with Crippen molar-refractivity contribution in [3.8, 4) is 0 Å². The van der Waals surface area contributed by atoms with Crippen LogP contribution in [0.2, 0.25) is 0 Å². The summed E-state index contributed by atoms with van der Waals surface area (Å²) in [5.41, 5.74) is 1.30. The molecule has 0 saturated carbocycles. The zero-order valence-electron chi connectivity index (χ0n) is 13.4. The summed E-state index contributed by atoms with van der Waals surface area (Å²) in [5.74, 6) is 0. The first-order chi connectivity index (χ1) is 9.04. The van der Waals surface area contributed by atoms with Crippen LogP contribution in [0.3, 0.4) is 0 Å². The van der Waals surface area contributed by atoms with E-state index in [-0.39, 0.29) is 0 Å². The van der Waals surface area contributed by atoms with Gasteiger partial charge in [0.2, 0.25) is 0 Å². The van der Waals surface area contributed by atoms with Gasteiger partial charge in [0.25, 0.3) is 0 Å². The van der Waals surface area contributed by atoms with E-state index < -0.39 is 0 Å². The molecule has 19 heavy (non-hydrogen) atoms. The van der Waals surface area contributed by atoms with Crippen LogP contribution in [0, 0.1) is 0 Å². The fraction of sp³-hybridized carbons (Fsp3) is 0.875. The first kappa shape index (κ1) is 16.7. The molecule has 112 valence electrons. The molecule has 0 bridgehead atoms. The summed E-state index contributed by atoms with van der Waals surface area (Å²) in [4.78, 5) is 5.03. The molecular formula is C16H33N3. The highest BCUT2D eigenvalue weighted by Crippen LogP contribution is 2.16. The zero-order chi connectivity index (χ0) is 14.3. The monoisotopic (exact) mass is 267 g/mol. The summed E-state index contributed by atoms with van der Waals surface area (Å²) < 4.78 is 0. The molecule has 1 heterocycles. The number of hydrogen-bond acceptors (Lipinski definition) is 3. The lowest BCUT2D eigenvalue weighted by molar-refractivity contribution is 0.172. The van der Waals surface area contributed by atoms with E-state index in [9.17, 15) is 0 Å². The van der Waals surface area contributed by atoms with E-state index in [1.54, 1.807) is 0 Å². The normalized spacial score (nSPS) is 24.1. The smallest absolute Gasteiger partial charge is 0.0373 e. The minimum Gasteiger partial charge on any atom is -0.312 e. The van der Waals surface area contributed by atoms with Crippen LogP contribution in [-0.4, -0.2) is 62.2 Å². The van der Waals surface area contributed by atoms with Crippen molar-refractivity contribution in [1.82, 2.24) is 15.1 Å². The summed E-state index contributed by atoms with van der Waals surface area (Å²) in [6, 6.07) is 1.21. The minimum atomic E-state index is 0.585. The second kappa shape index (κ2) is 8.72. The largest absolute Gasteiger partial charge is 0.312 e. The van der Waals surface area contributed by atoms with Gasteiger partial charge in [-0.1, -0.05) is 12.5 Å². The molecule has 0 aromatic rings. The fourth-order valence-electron chi connectivity index (χ4n) is 2.90. The Hall–Kier alpha value is -0.380. The Kier molecular flexibility index (Phi) is 7.66. The summed E-state index contributed by atoms with van der Waals surface area (Å²) in [6.07, 6.45) is 4.83. The van der Waals surface area contributed by atoms with Crippen LogP contribution in [0.4, 0.5) is 0 Å². The summed E-state index contributed by atoms with van der Waals surface area (Å²) in [5, 5.41) is 3.76. The molecule has 1 N–H and O–H groups in total. The van der Waals surface area contributed by atoms with Crippen LogP contribution in [0.5, 0.6) is 0 Å². The lowest BCUT2D eigenvalue weighted by Crippen LogP contribution is -2.52. The Bertz CT molecular complexity index is 265. The summed E-state index contributed by atoms with van der Waals surface area (Å²) >= 11 is 0. The number of nitrogens with zero attached hydrogens (tertiary/aromatic N) is 2. The topological polar surface area (TPSA) is 18.5 Å². The maximum Gasteiger partial charge on any atom is 0.0373 e. The van der Waals surface area contributed by atoms with Crippen molar-refractivity contribution < 1.29 is 0 Å². The molecule has 2 unspecified atom stereocenters. The zero-order valence-corrected chi connectivity index (χ0v) is 13.4. The average molecular weight is 267 g/mol. The molecule has 0 radical (unpaired) electrons. The fourth-order valence-corrected chi connectivity index (χ4v) is 2.90. The molecule has 3 heteroatoms. The number of likely N-dealkylation sites (N-methyl/N-ethyl adjacent to an activating group) is 2. The highest BCUT2D eigenvalue weighted by molar-refractivity contribution is 4.94. The molecule has 0 aromatic carbocycles. The van der Waals surface area contributed by atoms with Crippen molar-refractivity contribution in [2.24, 2.45) is 0 Å². The minimum absolute atomic E-state index is 0.585. The van der Waals surface area contributed by atoms with Crippen molar-refractivity contribution in [1.29, 1.82) is 0 Å². The first-order valence-corrected chi connectivity index (χ1v) is 7.81. The third-order valence-electron chi connectivity index (χ3n) is 4.12. The Labute approximate surface area is 120 Å². The molecule has 1 aliphatic rings. The number of rotatable bonds is 7. The lowest BCUT2D eigenvalue weighted by atomic mass is 9.99. The van der Waals surface area contributed by atoms with Gasteiger partial charge in [0.1, 0.15) is 0 Å². The highest BCUT2D eigenvalue weighted by atomic mass is 15.2. The second-order valence-electron chi connectivity index (χ2n) is 6.22. The van der Waals surface area contributed by atoms with Gasteiger partial charge in [-0.2, -0.15) is 0 Å². The van der Waals surface area contributed by atoms with Crippen molar-refractivity contribution >= 4 is 0 Å². The Morgan fingerprint density at radius 2 is 2.11 bits per heavy atom. The number of nitrogens with one attached hydrogen (secondary N) is 1. The van der Waals surface area contributed by atoms with E-state index in [2.05, 4.69) is 49.6 Å². The van der Waals surface area contributed by atoms with Gasteiger partial charge in [0, 0.05) is 18.6 Å².